The maximum atomic E-state index is 12.1. The molecule has 4 nitrogen and oxygen atoms in total. The molecule has 1 N–H and O–H groups in total. The Hall–Kier alpha value is -1.10. The first-order valence-electron chi connectivity index (χ1n) is 5.88. The average molecular weight is 271 g/mol. The monoisotopic (exact) mass is 270 g/mol. The Bertz CT molecular complexity index is 367. The van der Waals surface area contributed by atoms with Crippen LogP contribution < -0.4 is 5.32 Å². The Morgan fingerprint density at radius 3 is 2.78 bits per heavy atom. The highest BCUT2D eigenvalue weighted by Gasteiger charge is 2.24. The van der Waals surface area contributed by atoms with Gasteiger partial charge >= 0.3 is 0 Å². The molecule has 1 amide bonds. The normalized spacial score (nSPS) is 18.8. The molecule has 1 fully saturated rings. The fourth-order valence-corrected chi connectivity index (χ4v) is 1.91. The zero-order chi connectivity index (χ0) is 12.1. The van der Waals surface area contributed by atoms with Gasteiger partial charge in [-0.05, 0) is 5.56 Å². The van der Waals surface area contributed by atoms with Crippen molar-refractivity contribution in [2.75, 3.05) is 26.7 Å². The molecule has 1 unspecified atom stereocenters. The Balaban J connectivity index is 0.00000162. The van der Waals surface area contributed by atoms with Crippen LogP contribution in [0, 0.1) is 0 Å². The molecule has 100 valence electrons. The molecule has 1 aliphatic rings. The number of carbonyl (C=O) groups excluding carboxylic acids is 1. The maximum absolute atomic E-state index is 12.1. The Labute approximate surface area is 114 Å². The molecule has 1 aromatic rings. The van der Waals surface area contributed by atoms with Crippen LogP contribution in [0.3, 0.4) is 0 Å². The first-order chi connectivity index (χ1) is 8.27. The van der Waals surface area contributed by atoms with Crippen molar-refractivity contribution in [3.8, 4) is 0 Å². The molecule has 1 aromatic carbocycles. The van der Waals surface area contributed by atoms with Gasteiger partial charge in [0.15, 0.2) is 0 Å². The zero-order valence-electron chi connectivity index (χ0n) is 10.5. The van der Waals surface area contributed by atoms with Gasteiger partial charge < -0.3 is 15.0 Å². The minimum absolute atomic E-state index is 0. The summed E-state index contributed by atoms with van der Waals surface area (Å²) in [6, 6.07) is 9.96. The maximum Gasteiger partial charge on any atom is 0.253 e. The second kappa shape index (κ2) is 7.36. The number of hydrogen-bond donors (Lipinski definition) is 1. The van der Waals surface area contributed by atoms with Gasteiger partial charge in [-0.2, -0.15) is 0 Å². The van der Waals surface area contributed by atoms with E-state index in [1.165, 1.54) is 0 Å². The number of benzene rings is 1. The smallest absolute Gasteiger partial charge is 0.253 e. The zero-order valence-corrected chi connectivity index (χ0v) is 11.3. The van der Waals surface area contributed by atoms with Crippen LogP contribution in [-0.4, -0.2) is 43.7 Å². The van der Waals surface area contributed by atoms with Crippen molar-refractivity contribution in [1.82, 2.24) is 10.2 Å². The van der Waals surface area contributed by atoms with E-state index in [-0.39, 0.29) is 24.4 Å². The highest BCUT2D eigenvalue weighted by Crippen LogP contribution is 2.06. The summed E-state index contributed by atoms with van der Waals surface area (Å²) in [5.41, 5.74) is 1.13. The molecule has 5 heteroatoms. The lowest BCUT2D eigenvalue weighted by Gasteiger charge is -2.27. The summed E-state index contributed by atoms with van der Waals surface area (Å²) in [5.74, 6) is 0.0426. The number of ether oxygens (including phenoxy) is 1. The molecule has 1 aliphatic heterocycles. The minimum Gasteiger partial charge on any atom is -0.366 e. The van der Waals surface area contributed by atoms with Crippen molar-refractivity contribution < 1.29 is 9.53 Å². The molecule has 0 bridgehead atoms. The minimum atomic E-state index is -0.336. The van der Waals surface area contributed by atoms with Crippen molar-refractivity contribution in [2.45, 2.75) is 12.6 Å². The number of halogens is 1. The lowest BCUT2D eigenvalue weighted by molar-refractivity contribution is -0.144. The summed E-state index contributed by atoms with van der Waals surface area (Å²) in [6.45, 7) is 2.67. The van der Waals surface area contributed by atoms with Crippen LogP contribution in [0.5, 0.6) is 0 Å². The summed E-state index contributed by atoms with van der Waals surface area (Å²) in [7, 11) is 1.81. The van der Waals surface area contributed by atoms with E-state index in [2.05, 4.69) is 5.32 Å². The third-order valence-corrected chi connectivity index (χ3v) is 2.84. The molecule has 0 spiro atoms. The number of amides is 1. The molecule has 2 rings (SSSR count). The standard InChI is InChI=1S/C13H18N2O2.ClH/c1-15(10-11-5-3-2-4-6-11)13(16)12-9-14-7-8-17-12;/h2-6,12,14H,7-10H2,1H3;1H. The summed E-state index contributed by atoms with van der Waals surface area (Å²) in [6.07, 6.45) is -0.336. The molecule has 0 radical (unpaired) electrons. The average Bonchev–Trinajstić information content (AvgIpc) is 2.40. The van der Waals surface area contributed by atoms with Gasteiger partial charge in [0.05, 0.1) is 6.61 Å². The second-order valence-corrected chi connectivity index (χ2v) is 4.24. The summed E-state index contributed by atoms with van der Waals surface area (Å²) in [4.78, 5) is 13.8. The van der Waals surface area contributed by atoms with Crippen molar-refractivity contribution >= 4 is 18.3 Å². The molecule has 1 heterocycles. The number of morpholine rings is 1. The van der Waals surface area contributed by atoms with E-state index in [0.29, 0.717) is 19.7 Å². The Morgan fingerprint density at radius 2 is 2.17 bits per heavy atom. The molecule has 0 aliphatic carbocycles. The number of carbonyl (C=O) groups is 1. The van der Waals surface area contributed by atoms with Crippen LogP contribution in [0.25, 0.3) is 0 Å². The third kappa shape index (κ3) is 3.98. The lowest BCUT2D eigenvalue weighted by atomic mass is 10.2. The molecule has 0 saturated carbocycles. The third-order valence-electron chi connectivity index (χ3n) is 2.84. The second-order valence-electron chi connectivity index (χ2n) is 4.24. The van der Waals surface area contributed by atoms with Crippen molar-refractivity contribution in [1.29, 1.82) is 0 Å². The van der Waals surface area contributed by atoms with Gasteiger partial charge in [-0.25, -0.2) is 0 Å². The van der Waals surface area contributed by atoms with Crippen molar-refractivity contribution in [3.63, 3.8) is 0 Å². The van der Waals surface area contributed by atoms with Crippen LogP contribution >= 0.6 is 12.4 Å². The number of nitrogens with zero attached hydrogens (tertiary/aromatic N) is 1. The Kier molecular flexibility index (Phi) is 6.12. The number of nitrogens with one attached hydrogen (secondary N) is 1. The van der Waals surface area contributed by atoms with E-state index in [9.17, 15) is 4.79 Å². The fraction of sp³-hybridized carbons (Fsp3) is 0.462. The molecule has 0 aromatic heterocycles. The van der Waals surface area contributed by atoms with Gasteiger partial charge in [0, 0.05) is 26.7 Å². The SMILES string of the molecule is CN(Cc1ccccc1)C(=O)C1CNCCO1.Cl. The number of hydrogen-bond acceptors (Lipinski definition) is 3. The lowest BCUT2D eigenvalue weighted by Crippen LogP contribution is -2.48. The molecule has 1 saturated heterocycles. The van der Waals surface area contributed by atoms with Crippen molar-refractivity contribution in [2.24, 2.45) is 0 Å². The topological polar surface area (TPSA) is 41.6 Å². The van der Waals surface area contributed by atoms with E-state index >= 15 is 0 Å². The van der Waals surface area contributed by atoms with Crippen LogP contribution in [-0.2, 0) is 16.1 Å². The first kappa shape index (κ1) is 15.0. The number of rotatable bonds is 3. The Morgan fingerprint density at radius 1 is 1.44 bits per heavy atom. The van der Waals surface area contributed by atoms with Gasteiger partial charge in [-0.1, -0.05) is 30.3 Å². The number of likely N-dealkylation sites (N-methyl/N-ethyl adjacent to an activating group) is 1. The van der Waals surface area contributed by atoms with Gasteiger partial charge in [0.25, 0.3) is 5.91 Å². The summed E-state index contributed by atoms with van der Waals surface area (Å²) in [5, 5.41) is 3.16. The van der Waals surface area contributed by atoms with Crippen LogP contribution in [0.4, 0.5) is 0 Å². The quantitative estimate of drug-likeness (QED) is 0.893. The van der Waals surface area contributed by atoms with Crippen LogP contribution in [0.2, 0.25) is 0 Å². The van der Waals surface area contributed by atoms with Crippen molar-refractivity contribution in [3.05, 3.63) is 35.9 Å². The van der Waals surface area contributed by atoms with Crippen LogP contribution in [0.15, 0.2) is 30.3 Å². The van der Waals surface area contributed by atoms with E-state index < -0.39 is 0 Å². The molecule has 1 atom stereocenters. The van der Waals surface area contributed by atoms with E-state index in [1.54, 1.807) is 4.90 Å². The fourth-order valence-electron chi connectivity index (χ4n) is 1.91. The predicted octanol–water partition coefficient (Wildman–Crippen LogP) is 1.06. The molecular weight excluding hydrogens is 252 g/mol. The summed E-state index contributed by atoms with van der Waals surface area (Å²) < 4.78 is 5.44. The van der Waals surface area contributed by atoms with Gasteiger partial charge in [0.2, 0.25) is 0 Å². The molecular formula is C13H19ClN2O2. The highest BCUT2D eigenvalue weighted by atomic mass is 35.5. The largest absolute Gasteiger partial charge is 0.366 e. The van der Waals surface area contributed by atoms with Gasteiger partial charge in [-0.3, -0.25) is 4.79 Å². The van der Waals surface area contributed by atoms with Crippen LogP contribution in [0.1, 0.15) is 5.56 Å². The van der Waals surface area contributed by atoms with E-state index in [0.717, 1.165) is 12.1 Å². The van der Waals surface area contributed by atoms with E-state index in [4.69, 9.17) is 4.74 Å². The molecule has 18 heavy (non-hydrogen) atoms. The summed E-state index contributed by atoms with van der Waals surface area (Å²) >= 11 is 0. The van der Waals surface area contributed by atoms with Gasteiger partial charge in [0.1, 0.15) is 6.10 Å². The first-order valence-corrected chi connectivity index (χ1v) is 5.88. The predicted molar refractivity (Wildman–Crippen MR) is 72.8 cm³/mol. The highest BCUT2D eigenvalue weighted by molar-refractivity contribution is 5.85. The van der Waals surface area contributed by atoms with Gasteiger partial charge in [-0.15, -0.1) is 12.4 Å². The van der Waals surface area contributed by atoms with E-state index in [1.807, 2.05) is 37.4 Å².